The van der Waals surface area contributed by atoms with Gasteiger partial charge in [0.15, 0.2) is 0 Å². The van der Waals surface area contributed by atoms with Gasteiger partial charge in [-0.25, -0.2) is 0 Å². The molecule has 0 bridgehead atoms. The molecule has 1 heterocycles. The molecule has 0 aliphatic heterocycles. The van der Waals surface area contributed by atoms with E-state index < -0.39 is 6.36 Å². The largest absolute Gasteiger partial charge is 0.573 e. The van der Waals surface area contributed by atoms with Crippen molar-refractivity contribution in [1.29, 1.82) is 0 Å². The van der Waals surface area contributed by atoms with Crippen LogP contribution >= 0.6 is 0 Å². The molecule has 0 aliphatic rings. The molecular weight excluding hydrogens is 269 g/mol. The highest BCUT2D eigenvalue weighted by molar-refractivity contribution is 5.39. The summed E-state index contributed by atoms with van der Waals surface area (Å²) in [4.78, 5) is 0. The van der Waals surface area contributed by atoms with Gasteiger partial charge in [0, 0.05) is 30.0 Å². The van der Waals surface area contributed by atoms with Crippen LogP contribution in [0.25, 0.3) is 5.69 Å². The molecular formula is C14H15F3N2O. The molecule has 0 radical (unpaired) electrons. The van der Waals surface area contributed by atoms with Crippen molar-refractivity contribution in [2.24, 2.45) is 5.73 Å². The predicted octanol–water partition coefficient (Wildman–Crippen LogP) is 3.27. The van der Waals surface area contributed by atoms with Gasteiger partial charge in [-0.2, -0.15) is 0 Å². The molecule has 0 aliphatic carbocycles. The van der Waals surface area contributed by atoms with Gasteiger partial charge in [-0.3, -0.25) is 0 Å². The van der Waals surface area contributed by atoms with Crippen LogP contribution in [0.3, 0.4) is 0 Å². The van der Waals surface area contributed by atoms with E-state index in [0.717, 1.165) is 11.4 Å². The van der Waals surface area contributed by atoms with Crippen LogP contribution in [0.1, 0.15) is 12.6 Å². The fourth-order valence-electron chi connectivity index (χ4n) is 1.97. The molecule has 1 aromatic heterocycles. The van der Waals surface area contributed by atoms with Gasteiger partial charge < -0.3 is 15.0 Å². The normalized spacial score (nSPS) is 13.2. The van der Waals surface area contributed by atoms with E-state index in [2.05, 4.69) is 4.74 Å². The Morgan fingerprint density at radius 2 is 1.85 bits per heavy atom. The second kappa shape index (κ2) is 5.58. The number of nitrogens with two attached hydrogens (primary N) is 1. The fourth-order valence-corrected chi connectivity index (χ4v) is 1.97. The van der Waals surface area contributed by atoms with Gasteiger partial charge in [-0.1, -0.05) is 0 Å². The minimum atomic E-state index is -4.67. The number of rotatable bonds is 4. The minimum absolute atomic E-state index is 0.0106. The molecule has 1 unspecified atom stereocenters. The quantitative estimate of drug-likeness (QED) is 0.936. The first-order valence-corrected chi connectivity index (χ1v) is 6.13. The zero-order valence-corrected chi connectivity index (χ0v) is 10.9. The van der Waals surface area contributed by atoms with E-state index in [4.69, 9.17) is 5.73 Å². The summed E-state index contributed by atoms with van der Waals surface area (Å²) in [5.74, 6) is -0.234. The molecule has 1 atom stereocenters. The van der Waals surface area contributed by atoms with Crippen molar-refractivity contribution >= 4 is 0 Å². The molecule has 0 fully saturated rings. The maximum atomic E-state index is 12.1. The average Bonchev–Trinajstić information content (AvgIpc) is 2.75. The fraction of sp³-hybridized carbons (Fsp3) is 0.286. The molecule has 0 saturated carbocycles. The third kappa shape index (κ3) is 3.77. The Balaban J connectivity index is 2.20. The van der Waals surface area contributed by atoms with Gasteiger partial charge in [0.05, 0.1) is 0 Å². The number of ether oxygens (including phenoxy) is 1. The van der Waals surface area contributed by atoms with Crippen LogP contribution < -0.4 is 10.5 Å². The van der Waals surface area contributed by atoms with Gasteiger partial charge in [0.2, 0.25) is 0 Å². The smallest absolute Gasteiger partial charge is 0.406 e. The minimum Gasteiger partial charge on any atom is -0.406 e. The lowest BCUT2D eigenvalue weighted by Gasteiger charge is -2.13. The summed E-state index contributed by atoms with van der Waals surface area (Å²) in [5.41, 5.74) is 7.53. The summed E-state index contributed by atoms with van der Waals surface area (Å²) in [6.45, 7) is 1.90. The third-order valence-electron chi connectivity index (χ3n) is 2.71. The van der Waals surface area contributed by atoms with Gasteiger partial charge >= 0.3 is 6.36 Å². The first-order valence-electron chi connectivity index (χ1n) is 6.13. The Kier molecular flexibility index (Phi) is 4.04. The van der Waals surface area contributed by atoms with Crippen molar-refractivity contribution in [1.82, 2.24) is 4.57 Å². The highest BCUT2D eigenvalue weighted by atomic mass is 19.4. The number of hydrogen-bond donors (Lipinski definition) is 1. The third-order valence-corrected chi connectivity index (χ3v) is 2.71. The maximum absolute atomic E-state index is 12.1. The molecule has 2 aromatic rings. The monoisotopic (exact) mass is 284 g/mol. The first-order chi connectivity index (χ1) is 9.35. The number of hydrogen-bond acceptors (Lipinski definition) is 2. The topological polar surface area (TPSA) is 40.2 Å². The highest BCUT2D eigenvalue weighted by Gasteiger charge is 2.30. The van der Waals surface area contributed by atoms with Crippen molar-refractivity contribution in [3.8, 4) is 11.4 Å². The maximum Gasteiger partial charge on any atom is 0.573 e. The van der Waals surface area contributed by atoms with E-state index >= 15 is 0 Å². The predicted molar refractivity (Wildman–Crippen MR) is 69.8 cm³/mol. The second-order valence-electron chi connectivity index (χ2n) is 4.59. The number of alkyl halides is 3. The lowest BCUT2D eigenvalue weighted by Crippen LogP contribution is -2.19. The lowest BCUT2D eigenvalue weighted by atomic mass is 10.2. The SMILES string of the molecule is CC(N)Cc1cccn1-c1ccc(OC(F)(F)F)cc1. The van der Waals surface area contributed by atoms with Crippen molar-refractivity contribution in [3.63, 3.8) is 0 Å². The molecule has 0 saturated heterocycles. The van der Waals surface area contributed by atoms with Crippen LogP contribution in [-0.2, 0) is 6.42 Å². The van der Waals surface area contributed by atoms with Gasteiger partial charge in [0.25, 0.3) is 0 Å². The number of halogens is 3. The highest BCUT2D eigenvalue weighted by Crippen LogP contribution is 2.24. The zero-order valence-electron chi connectivity index (χ0n) is 10.9. The van der Waals surface area contributed by atoms with Crippen LogP contribution in [-0.4, -0.2) is 17.0 Å². The summed E-state index contributed by atoms with van der Waals surface area (Å²) in [6.07, 6.45) is -2.14. The number of benzene rings is 1. The van der Waals surface area contributed by atoms with Crippen molar-refractivity contribution in [2.75, 3.05) is 0 Å². The van der Waals surface area contributed by atoms with Gasteiger partial charge in [-0.05, 0) is 43.3 Å². The van der Waals surface area contributed by atoms with E-state index in [1.807, 2.05) is 29.8 Å². The number of aromatic nitrogens is 1. The van der Waals surface area contributed by atoms with E-state index in [0.29, 0.717) is 6.42 Å². The summed E-state index contributed by atoms with van der Waals surface area (Å²) in [6, 6.07) is 9.55. The zero-order chi connectivity index (χ0) is 14.8. The van der Waals surface area contributed by atoms with Crippen LogP contribution in [0, 0.1) is 0 Å². The summed E-state index contributed by atoms with van der Waals surface area (Å²) >= 11 is 0. The molecule has 0 amide bonds. The molecule has 0 spiro atoms. The Morgan fingerprint density at radius 1 is 1.20 bits per heavy atom. The van der Waals surface area contributed by atoms with Crippen LogP contribution in [0.5, 0.6) is 5.75 Å². The van der Waals surface area contributed by atoms with Crippen molar-refractivity contribution in [2.45, 2.75) is 25.7 Å². The molecule has 1 aromatic carbocycles. The summed E-state index contributed by atoms with van der Waals surface area (Å²) in [7, 11) is 0. The summed E-state index contributed by atoms with van der Waals surface area (Å²) in [5, 5.41) is 0. The summed E-state index contributed by atoms with van der Waals surface area (Å²) < 4.78 is 42.0. The standard InChI is InChI=1S/C14H15F3N2O/c1-10(18)9-12-3-2-8-19(12)11-4-6-13(7-5-11)20-14(15,16)17/h2-8,10H,9,18H2,1H3. The van der Waals surface area contributed by atoms with Crippen LogP contribution in [0.4, 0.5) is 13.2 Å². The molecule has 3 nitrogen and oxygen atoms in total. The average molecular weight is 284 g/mol. The van der Waals surface area contributed by atoms with Crippen LogP contribution in [0.2, 0.25) is 0 Å². The first kappa shape index (κ1) is 14.5. The number of nitrogens with zero attached hydrogens (tertiary/aromatic N) is 1. The van der Waals surface area contributed by atoms with Gasteiger partial charge in [-0.15, -0.1) is 13.2 Å². The Bertz CT molecular complexity index is 559. The Morgan fingerprint density at radius 3 is 2.40 bits per heavy atom. The molecule has 2 N–H and O–H groups in total. The Labute approximate surface area is 114 Å². The van der Waals surface area contributed by atoms with Crippen LogP contribution in [0.15, 0.2) is 42.6 Å². The second-order valence-corrected chi connectivity index (χ2v) is 4.59. The molecule has 20 heavy (non-hydrogen) atoms. The van der Waals surface area contributed by atoms with Gasteiger partial charge in [0.1, 0.15) is 5.75 Å². The Hall–Kier alpha value is -1.95. The lowest BCUT2D eigenvalue weighted by molar-refractivity contribution is -0.274. The molecule has 2 rings (SSSR count). The van der Waals surface area contributed by atoms with Crippen molar-refractivity contribution in [3.05, 3.63) is 48.3 Å². The molecule has 6 heteroatoms. The van der Waals surface area contributed by atoms with E-state index in [1.54, 1.807) is 12.1 Å². The molecule has 108 valence electrons. The van der Waals surface area contributed by atoms with E-state index in [9.17, 15) is 13.2 Å². The van der Waals surface area contributed by atoms with E-state index in [-0.39, 0.29) is 11.8 Å². The van der Waals surface area contributed by atoms with Crippen molar-refractivity contribution < 1.29 is 17.9 Å². The van der Waals surface area contributed by atoms with E-state index in [1.165, 1.54) is 12.1 Å².